The van der Waals surface area contributed by atoms with E-state index in [1.807, 2.05) is 43.3 Å². The number of benzene rings is 2. The Kier molecular flexibility index (Phi) is 5.80. The van der Waals surface area contributed by atoms with Gasteiger partial charge in [-0.2, -0.15) is 0 Å². The zero-order chi connectivity index (χ0) is 18.5. The van der Waals surface area contributed by atoms with Gasteiger partial charge in [0, 0.05) is 10.7 Å². The Morgan fingerprint density at radius 1 is 1.31 bits per heavy atom. The summed E-state index contributed by atoms with van der Waals surface area (Å²) in [6, 6.07) is 12.9. The Balaban J connectivity index is 1.61. The molecule has 0 aliphatic rings. The Morgan fingerprint density at radius 3 is 2.88 bits per heavy atom. The van der Waals surface area contributed by atoms with E-state index < -0.39 is 0 Å². The standard InChI is InChI=1S/C18H17ClN4O2S/c1-11-7-8-12(9-14(11)19)20-16(24)10-26-18-21-17(22-23-18)13-5-3-4-6-15(13)25-2/h3-9H,10H2,1-2H3,(H,20,24)(H,21,22,23). The van der Waals surface area contributed by atoms with Crippen LogP contribution in [0.5, 0.6) is 5.75 Å². The molecule has 0 fully saturated rings. The van der Waals surface area contributed by atoms with Gasteiger partial charge in [0.25, 0.3) is 0 Å². The average molecular weight is 389 g/mol. The van der Waals surface area contributed by atoms with E-state index in [4.69, 9.17) is 16.3 Å². The fourth-order valence-electron chi connectivity index (χ4n) is 2.27. The summed E-state index contributed by atoms with van der Waals surface area (Å²) >= 11 is 7.31. The third-order valence-electron chi connectivity index (χ3n) is 3.61. The number of rotatable bonds is 6. The summed E-state index contributed by atoms with van der Waals surface area (Å²) in [7, 11) is 1.60. The van der Waals surface area contributed by atoms with Gasteiger partial charge < -0.3 is 10.1 Å². The maximum atomic E-state index is 12.1. The van der Waals surface area contributed by atoms with E-state index >= 15 is 0 Å². The third-order valence-corrected chi connectivity index (χ3v) is 4.87. The summed E-state index contributed by atoms with van der Waals surface area (Å²) in [5.74, 6) is 1.33. The summed E-state index contributed by atoms with van der Waals surface area (Å²) < 4.78 is 5.32. The smallest absolute Gasteiger partial charge is 0.234 e. The Hall–Kier alpha value is -2.51. The molecular formula is C18H17ClN4O2S. The van der Waals surface area contributed by atoms with E-state index in [9.17, 15) is 4.79 Å². The Bertz CT molecular complexity index is 929. The molecule has 2 N–H and O–H groups in total. The molecule has 0 saturated carbocycles. The largest absolute Gasteiger partial charge is 0.496 e. The van der Waals surface area contributed by atoms with Crippen molar-refractivity contribution >= 4 is 35.0 Å². The highest BCUT2D eigenvalue weighted by atomic mass is 35.5. The van der Waals surface area contributed by atoms with Gasteiger partial charge in [-0.05, 0) is 36.8 Å². The number of thioether (sulfide) groups is 1. The minimum absolute atomic E-state index is 0.154. The number of nitrogens with one attached hydrogen (secondary N) is 2. The van der Waals surface area contributed by atoms with Crippen LogP contribution in [0.25, 0.3) is 11.4 Å². The first-order valence-electron chi connectivity index (χ1n) is 7.81. The second-order valence-electron chi connectivity index (χ2n) is 5.47. The second kappa shape index (κ2) is 8.25. The number of aryl methyl sites for hydroxylation is 1. The number of anilines is 1. The van der Waals surface area contributed by atoms with Crippen LogP contribution in [0.2, 0.25) is 5.02 Å². The molecule has 0 unspecified atom stereocenters. The normalized spacial score (nSPS) is 10.6. The molecule has 2 aromatic carbocycles. The zero-order valence-corrected chi connectivity index (χ0v) is 15.8. The van der Waals surface area contributed by atoms with Crippen LogP contribution < -0.4 is 10.1 Å². The number of amides is 1. The van der Waals surface area contributed by atoms with Crippen LogP contribution in [0.15, 0.2) is 47.6 Å². The number of carbonyl (C=O) groups is 1. The number of hydrogen-bond donors (Lipinski definition) is 2. The lowest BCUT2D eigenvalue weighted by Gasteiger charge is -2.06. The molecule has 0 radical (unpaired) electrons. The molecule has 26 heavy (non-hydrogen) atoms. The lowest BCUT2D eigenvalue weighted by Crippen LogP contribution is -2.14. The molecule has 6 nitrogen and oxygen atoms in total. The Labute approximate surface area is 160 Å². The number of aromatic amines is 1. The van der Waals surface area contributed by atoms with Gasteiger partial charge in [-0.25, -0.2) is 4.98 Å². The van der Waals surface area contributed by atoms with Gasteiger partial charge >= 0.3 is 0 Å². The van der Waals surface area contributed by atoms with Crippen LogP contribution in [0.1, 0.15) is 5.56 Å². The maximum Gasteiger partial charge on any atom is 0.234 e. The highest BCUT2D eigenvalue weighted by molar-refractivity contribution is 7.99. The van der Waals surface area contributed by atoms with Crippen molar-refractivity contribution in [2.75, 3.05) is 18.2 Å². The van der Waals surface area contributed by atoms with E-state index in [2.05, 4.69) is 20.5 Å². The predicted molar refractivity (Wildman–Crippen MR) is 104 cm³/mol. The van der Waals surface area contributed by atoms with Crippen LogP contribution in [0.4, 0.5) is 5.69 Å². The van der Waals surface area contributed by atoms with Crippen molar-refractivity contribution in [3.63, 3.8) is 0 Å². The number of para-hydroxylation sites is 1. The molecule has 0 aliphatic heterocycles. The van der Waals surface area contributed by atoms with Crippen LogP contribution in [0, 0.1) is 6.92 Å². The summed E-state index contributed by atoms with van der Waals surface area (Å²) in [6.07, 6.45) is 0. The molecule has 134 valence electrons. The van der Waals surface area contributed by atoms with Crippen LogP contribution in [0.3, 0.4) is 0 Å². The molecule has 8 heteroatoms. The molecule has 0 spiro atoms. The fourth-order valence-corrected chi connectivity index (χ4v) is 3.05. The summed E-state index contributed by atoms with van der Waals surface area (Å²) in [5.41, 5.74) is 2.44. The van der Waals surface area contributed by atoms with Crippen molar-refractivity contribution < 1.29 is 9.53 Å². The molecular weight excluding hydrogens is 372 g/mol. The monoisotopic (exact) mass is 388 g/mol. The van der Waals surface area contributed by atoms with Crippen LogP contribution in [-0.2, 0) is 4.79 Å². The zero-order valence-electron chi connectivity index (χ0n) is 14.2. The van der Waals surface area contributed by atoms with Crippen molar-refractivity contribution in [2.24, 2.45) is 0 Å². The molecule has 3 rings (SSSR count). The number of hydrogen-bond acceptors (Lipinski definition) is 5. The maximum absolute atomic E-state index is 12.1. The minimum Gasteiger partial charge on any atom is -0.496 e. The van der Waals surface area contributed by atoms with Gasteiger partial charge in [-0.3, -0.25) is 9.89 Å². The van der Waals surface area contributed by atoms with E-state index in [-0.39, 0.29) is 11.7 Å². The number of ether oxygens (including phenoxy) is 1. The van der Waals surface area contributed by atoms with Crippen molar-refractivity contribution in [3.05, 3.63) is 53.1 Å². The second-order valence-corrected chi connectivity index (χ2v) is 6.82. The Morgan fingerprint density at radius 2 is 2.12 bits per heavy atom. The lowest BCUT2D eigenvalue weighted by molar-refractivity contribution is -0.113. The van der Waals surface area contributed by atoms with Crippen molar-refractivity contribution in [1.82, 2.24) is 15.2 Å². The van der Waals surface area contributed by atoms with E-state index in [0.717, 1.165) is 11.1 Å². The first kappa shape index (κ1) is 18.3. The summed E-state index contributed by atoms with van der Waals surface area (Å²) in [6.45, 7) is 1.91. The van der Waals surface area contributed by atoms with Crippen molar-refractivity contribution in [3.8, 4) is 17.1 Å². The van der Waals surface area contributed by atoms with E-state index in [0.29, 0.717) is 27.4 Å². The first-order valence-corrected chi connectivity index (χ1v) is 9.18. The molecule has 0 aliphatic carbocycles. The molecule has 0 bridgehead atoms. The quantitative estimate of drug-likeness (QED) is 0.619. The van der Waals surface area contributed by atoms with Gasteiger partial charge in [0.05, 0.1) is 18.4 Å². The molecule has 1 amide bonds. The van der Waals surface area contributed by atoms with Crippen molar-refractivity contribution in [2.45, 2.75) is 12.1 Å². The van der Waals surface area contributed by atoms with Gasteiger partial charge in [0.15, 0.2) is 5.82 Å². The predicted octanol–water partition coefficient (Wildman–Crippen LogP) is 4.17. The van der Waals surface area contributed by atoms with E-state index in [1.165, 1.54) is 11.8 Å². The number of nitrogens with zero attached hydrogens (tertiary/aromatic N) is 2. The summed E-state index contributed by atoms with van der Waals surface area (Å²) in [4.78, 5) is 16.5. The number of carbonyl (C=O) groups excluding carboxylic acids is 1. The third kappa shape index (κ3) is 4.36. The molecule has 1 aromatic heterocycles. The molecule has 1 heterocycles. The van der Waals surface area contributed by atoms with Crippen molar-refractivity contribution in [1.29, 1.82) is 0 Å². The molecule has 3 aromatic rings. The SMILES string of the molecule is COc1ccccc1-c1nc(SCC(=O)Nc2ccc(C)c(Cl)c2)n[nH]1. The fraction of sp³-hybridized carbons (Fsp3) is 0.167. The highest BCUT2D eigenvalue weighted by Gasteiger charge is 2.12. The number of H-pyrrole nitrogens is 1. The number of aromatic nitrogens is 3. The number of halogens is 1. The minimum atomic E-state index is -0.154. The summed E-state index contributed by atoms with van der Waals surface area (Å²) in [5, 5.41) is 10.9. The van der Waals surface area contributed by atoms with Gasteiger partial charge in [-0.15, -0.1) is 5.10 Å². The van der Waals surface area contributed by atoms with Crippen LogP contribution in [-0.4, -0.2) is 34.0 Å². The van der Waals surface area contributed by atoms with Gasteiger partial charge in [0.2, 0.25) is 11.1 Å². The first-order chi connectivity index (χ1) is 12.6. The lowest BCUT2D eigenvalue weighted by atomic mass is 10.2. The molecule has 0 saturated heterocycles. The van der Waals surface area contributed by atoms with E-state index in [1.54, 1.807) is 13.2 Å². The van der Waals surface area contributed by atoms with Crippen LogP contribution >= 0.6 is 23.4 Å². The topological polar surface area (TPSA) is 79.9 Å². The molecule has 0 atom stereocenters. The van der Waals surface area contributed by atoms with Gasteiger partial charge in [-0.1, -0.05) is 41.6 Å². The number of methoxy groups -OCH3 is 1. The highest BCUT2D eigenvalue weighted by Crippen LogP contribution is 2.28. The average Bonchev–Trinajstić information content (AvgIpc) is 3.12. The van der Waals surface area contributed by atoms with Gasteiger partial charge in [0.1, 0.15) is 5.75 Å².